The van der Waals surface area contributed by atoms with Crippen LogP contribution < -0.4 is 21.3 Å². The number of urea groups is 2. The summed E-state index contributed by atoms with van der Waals surface area (Å²) in [6.07, 6.45) is 1.33. The van der Waals surface area contributed by atoms with Crippen LogP contribution in [0.5, 0.6) is 0 Å². The molecule has 1 heterocycles. The van der Waals surface area contributed by atoms with Crippen LogP contribution in [0.1, 0.15) is 26.7 Å². The van der Waals surface area contributed by atoms with Crippen molar-refractivity contribution in [2.75, 3.05) is 35.6 Å². The van der Waals surface area contributed by atoms with Gasteiger partial charge in [0.25, 0.3) is 0 Å². The first kappa shape index (κ1) is 23.1. The van der Waals surface area contributed by atoms with E-state index in [2.05, 4.69) is 35.1 Å². The molecule has 170 valence electrons. The molecule has 2 aromatic carbocycles. The van der Waals surface area contributed by atoms with Crippen molar-refractivity contribution in [2.24, 2.45) is 11.8 Å². The van der Waals surface area contributed by atoms with Crippen molar-refractivity contribution >= 4 is 35.0 Å². The lowest BCUT2D eigenvalue weighted by Crippen LogP contribution is -2.45. The highest BCUT2D eigenvalue weighted by atomic mass is 16.2. The lowest BCUT2D eigenvalue weighted by atomic mass is 9.96. The first-order valence-corrected chi connectivity index (χ1v) is 11.0. The van der Waals surface area contributed by atoms with Crippen LogP contribution in [0.3, 0.4) is 0 Å². The number of para-hydroxylation sites is 1. The van der Waals surface area contributed by atoms with Gasteiger partial charge in [-0.2, -0.15) is 0 Å². The van der Waals surface area contributed by atoms with Crippen molar-refractivity contribution in [3.8, 4) is 0 Å². The zero-order valence-corrected chi connectivity index (χ0v) is 18.6. The number of likely N-dealkylation sites (tertiary alicyclic amines) is 1. The predicted molar refractivity (Wildman–Crippen MR) is 127 cm³/mol. The maximum Gasteiger partial charge on any atom is 0.323 e. The highest BCUT2D eigenvalue weighted by Gasteiger charge is 2.27. The van der Waals surface area contributed by atoms with Crippen LogP contribution in [-0.4, -0.2) is 42.5 Å². The Morgan fingerprint density at radius 2 is 1.38 bits per heavy atom. The van der Waals surface area contributed by atoms with E-state index >= 15 is 0 Å². The summed E-state index contributed by atoms with van der Waals surface area (Å²) in [5.41, 5.74) is 1.96. The Kier molecular flexibility index (Phi) is 8.08. The van der Waals surface area contributed by atoms with Crippen LogP contribution in [0, 0.1) is 11.8 Å². The van der Waals surface area contributed by atoms with Crippen molar-refractivity contribution in [1.82, 2.24) is 10.2 Å². The molecule has 32 heavy (non-hydrogen) atoms. The van der Waals surface area contributed by atoms with Gasteiger partial charge < -0.3 is 26.2 Å². The van der Waals surface area contributed by atoms with Gasteiger partial charge in [-0.15, -0.1) is 0 Å². The fourth-order valence-corrected chi connectivity index (χ4v) is 3.45. The minimum absolute atomic E-state index is 0.0369. The van der Waals surface area contributed by atoms with E-state index in [0.717, 1.165) is 0 Å². The van der Waals surface area contributed by atoms with Crippen LogP contribution in [0.15, 0.2) is 54.6 Å². The molecule has 1 aliphatic heterocycles. The number of rotatable bonds is 6. The number of carbonyl (C=O) groups excluding carboxylic acids is 3. The number of nitrogens with one attached hydrogen (secondary N) is 4. The molecule has 8 nitrogen and oxygen atoms in total. The Bertz CT molecular complexity index is 907. The molecule has 0 bridgehead atoms. The van der Waals surface area contributed by atoms with Crippen LogP contribution in [0.25, 0.3) is 0 Å². The molecule has 0 aliphatic carbocycles. The summed E-state index contributed by atoms with van der Waals surface area (Å²) in [7, 11) is 0. The molecule has 0 unspecified atom stereocenters. The summed E-state index contributed by atoms with van der Waals surface area (Å²) in [5.74, 6) is 0.466. The molecule has 0 spiro atoms. The SMILES string of the molecule is CC(C)CNC(=O)C1CCN(C(=O)Nc2ccc(NC(=O)Nc3ccccc3)cc2)CC1. The van der Waals surface area contributed by atoms with Crippen LogP contribution in [-0.2, 0) is 4.79 Å². The van der Waals surface area contributed by atoms with E-state index in [4.69, 9.17) is 0 Å². The average Bonchev–Trinajstić information content (AvgIpc) is 2.79. The van der Waals surface area contributed by atoms with Crippen LogP contribution >= 0.6 is 0 Å². The molecule has 0 saturated carbocycles. The topological polar surface area (TPSA) is 103 Å². The summed E-state index contributed by atoms with van der Waals surface area (Å²) in [4.78, 5) is 38.6. The number of hydrogen-bond donors (Lipinski definition) is 4. The first-order chi connectivity index (χ1) is 15.4. The Hall–Kier alpha value is -3.55. The minimum atomic E-state index is -0.340. The minimum Gasteiger partial charge on any atom is -0.356 e. The van der Waals surface area contributed by atoms with Gasteiger partial charge in [0.2, 0.25) is 5.91 Å². The second-order valence-electron chi connectivity index (χ2n) is 8.35. The van der Waals surface area contributed by atoms with E-state index in [1.807, 2.05) is 18.2 Å². The Morgan fingerprint density at radius 1 is 0.844 bits per heavy atom. The number of nitrogens with zero attached hydrogens (tertiary/aromatic N) is 1. The van der Waals surface area contributed by atoms with Gasteiger partial charge in [0.15, 0.2) is 0 Å². The van der Waals surface area contributed by atoms with Gasteiger partial charge in [-0.1, -0.05) is 32.0 Å². The standard InChI is InChI=1S/C24H31N5O3/c1-17(2)16-25-22(30)18-12-14-29(15-13-18)24(32)28-21-10-8-20(9-11-21)27-23(31)26-19-6-4-3-5-7-19/h3-11,17-18H,12-16H2,1-2H3,(H,25,30)(H,28,32)(H2,26,27,31). The molecule has 4 N–H and O–H groups in total. The van der Waals surface area contributed by atoms with E-state index < -0.39 is 0 Å². The van der Waals surface area contributed by atoms with E-state index in [-0.39, 0.29) is 23.9 Å². The molecule has 0 atom stereocenters. The summed E-state index contributed by atoms with van der Waals surface area (Å²) < 4.78 is 0. The van der Waals surface area contributed by atoms with Gasteiger partial charge in [-0.25, -0.2) is 9.59 Å². The number of piperidine rings is 1. The molecule has 0 radical (unpaired) electrons. The first-order valence-electron chi connectivity index (χ1n) is 11.0. The third-order valence-corrected chi connectivity index (χ3v) is 5.26. The van der Waals surface area contributed by atoms with Gasteiger partial charge in [-0.05, 0) is 55.2 Å². The molecule has 8 heteroatoms. The van der Waals surface area contributed by atoms with Crippen molar-refractivity contribution in [2.45, 2.75) is 26.7 Å². The molecule has 2 aromatic rings. The second-order valence-corrected chi connectivity index (χ2v) is 8.35. The van der Waals surface area contributed by atoms with Crippen molar-refractivity contribution in [3.63, 3.8) is 0 Å². The number of carbonyl (C=O) groups is 3. The molecule has 5 amide bonds. The van der Waals surface area contributed by atoms with Crippen LogP contribution in [0.4, 0.5) is 26.7 Å². The molecule has 0 aromatic heterocycles. The van der Waals surface area contributed by atoms with Crippen molar-refractivity contribution in [3.05, 3.63) is 54.6 Å². The van der Waals surface area contributed by atoms with E-state index in [1.54, 1.807) is 41.3 Å². The van der Waals surface area contributed by atoms with Crippen LogP contribution in [0.2, 0.25) is 0 Å². The highest BCUT2D eigenvalue weighted by molar-refractivity contribution is 6.00. The molecule has 1 saturated heterocycles. The summed E-state index contributed by atoms with van der Waals surface area (Å²) in [6, 6.07) is 15.6. The quantitative estimate of drug-likeness (QED) is 0.540. The van der Waals surface area contributed by atoms with Crippen molar-refractivity contribution in [1.29, 1.82) is 0 Å². The van der Waals surface area contributed by atoms with E-state index in [0.29, 0.717) is 55.5 Å². The number of benzene rings is 2. The second kappa shape index (κ2) is 11.2. The Labute approximate surface area is 188 Å². The molecular weight excluding hydrogens is 406 g/mol. The van der Waals surface area contributed by atoms with E-state index in [9.17, 15) is 14.4 Å². The molecular formula is C24H31N5O3. The zero-order valence-electron chi connectivity index (χ0n) is 18.6. The maximum absolute atomic E-state index is 12.6. The fraction of sp³-hybridized carbons (Fsp3) is 0.375. The molecule has 1 fully saturated rings. The Morgan fingerprint density at radius 3 is 1.94 bits per heavy atom. The summed E-state index contributed by atoms with van der Waals surface area (Å²) in [5, 5.41) is 11.4. The predicted octanol–water partition coefficient (Wildman–Crippen LogP) is 4.35. The van der Waals surface area contributed by atoms with Gasteiger partial charge in [0, 0.05) is 42.6 Å². The maximum atomic E-state index is 12.6. The normalized spacial score (nSPS) is 14.0. The smallest absolute Gasteiger partial charge is 0.323 e. The fourth-order valence-electron chi connectivity index (χ4n) is 3.45. The monoisotopic (exact) mass is 437 g/mol. The van der Waals surface area contributed by atoms with Gasteiger partial charge in [0.05, 0.1) is 0 Å². The number of anilines is 3. The lowest BCUT2D eigenvalue weighted by Gasteiger charge is -2.31. The Balaban J connectivity index is 1.43. The largest absolute Gasteiger partial charge is 0.356 e. The highest BCUT2D eigenvalue weighted by Crippen LogP contribution is 2.20. The van der Waals surface area contributed by atoms with Gasteiger partial charge >= 0.3 is 12.1 Å². The number of amides is 5. The third kappa shape index (κ3) is 7.01. The summed E-state index contributed by atoms with van der Waals surface area (Å²) in [6.45, 7) is 5.90. The number of hydrogen-bond acceptors (Lipinski definition) is 3. The van der Waals surface area contributed by atoms with Gasteiger partial charge in [-0.3, -0.25) is 4.79 Å². The average molecular weight is 438 g/mol. The lowest BCUT2D eigenvalue weighted by molar-refractivity contribution is -0.126. The van der Waals surface area contributed by atoms with E-state index in [1.165, 1.54) is 0 Å². The van der Waals surface area contributed by atoms with Gasteiger partial charge in [0.1, 0.15) is 0 Å². The molecule has 1 aliphatic rings. The summed E-state index contributed by atoms with van der Waals surface area (Å²) >= 11 is 0. The third-order valence-electron chi connectivity index (χ3n) is 5.26. The van der Waals surface area contributed by atoms with Crippen molar-refractivity contribution < 1.29 is 14.4 Å². The zero-order chi connectivity index (χ0) is 22.9. The molecule has 3 rings (SSSR count).